The van der Waals surface area contributed by atoms with Crippen LogP contribution in [0, 0.1) is 13.8 Å². The number of hydrogen-bond donors (Lipinski definition) is 0. The number of allylic oxidation sites excluding steroid dienone is 2. The predicted octanol–water partition coefficient (Wildman–Crippen LogP) is 6.62. The summed E-state index contributed by atoms with van der Waals surface area (Å²) in [6, 6.07) is 0. The number of fused-ring (bicyclic) bond motifs is 2. The molecule has 1 unspecified atom stereocenters. The average Bonchev–Trinajstić information content (AvgIpc) is 3.16. The summed E-state index contributed by atoms with van der Waals surface area (Å²) in [5.74, 6) is 0. The molecule has 0 aromatic heterocycles. The van der Waals surface area contributed by atoms with Crippen LogP contribution in [0.2, 0.25) is 10.5 Å². The Hall–Kier alpha value is -0.757. The second-order valence-electron chi connectivity index (χ2n) is 7.17. The zero-order valence-electron chi connectivity index (χ0n) is 15.8. The standard InChI is InChI=1S/C22H31Ge/c1-7-16-11-18-14(5)20-13-17(8-2)22(23(9-3)10-4)21(20)15(6)19(18)12-16/h12-13,22H,7-11H2,1-6H3. The van der Waals surface area contributed by atoms with E-state index in [1.807, 2.05) is 0 Å². The van der Waals surface area contributed by atoms with Crippen molar-refractivity contribution >= 4 is 26.5 Å². The molecule has 0 bridgehead atoms. The molecule has 0 fully saturated rings. The van der Waals surface area contributed by atoms with Crippen LogP contribution in [0.5, 0.6) is 0 Å². The van der Waals surface area contributed by atoms with Gasteiger partial charge in [0.2, 0.25) is 0 Å². The van der Waals surface area contributed by atoms with E-state index in [0.29, 0.717) is 0 Å². The molecule has 0 N–H and O–H groups in total. The molecule has 1 radical (unpaired) electrons. The van der Waals surface area contributed by atoms with Crippen LogP contribution in [-0.4, -0.2) is 14.3 Å². The second kappa shape index (κ2) is 6.63. The quantitative estimate of drug-likeness (QED) is 0.513. The van der Waals surface area contributed by atoms with Gasteiger partial charge in [0.05, 0.1) is 0 Å². The molecule has 23 heavy (non-hydrogen) atoms. The number of rotatable bonds is 5. The third-order valence-electron chi connectivity index (χ3n) is 6.20. The SMILES string of the molecule is CCC1=Cc2c(C)c3c(c(C)c2C1)C=C(CC)[CH]3[Ge]([CH2]C)[CH2]C. The van der Waals surface area contributed by atoms with Crippen LogP contribution < -0.4 is 0 Å². The first-order chi connectivity index (χ1) is 11.1. The molecule has 0 aliphatic heterocycles. The van der Waals surface area contributed by atoms with Crippen LogP contribution in [0.4, 0.5) is 0 Å². The summed E-state index contributed by atoms with van der Waals surface area (Å²) in [6.07, 6.45) is 8.72. The fourth-order valence-corrected chi connectivity index (χ4v) is 10.8. The van der Waals surface area contributed by atoms with Crippen LogP contribution in [0.3, 0.4) is 0 Å². The summed E-state index contributed by atoms with van der Waals surface area (Å²) in [5, 5.41) is 2.90. The molecule has 1 aromatic carbocycles. The fraction of sp³-hybridized carbons (Fsp3) is 0.545. The molecule has 0 saturated heterocycles. The molecule has 0 nitrogen and oxygen atoms in total. The van der Waals surface area contributed by atoms with E-state index in [0.717, 1.165) is 4.75 Å². The van der Waals surface area contributed by atoms with E-state index in [1.165, 1.54) is 29.8 Å². The van der Waals surface area contributed by atoms with Gasteiger partial charge in [0, 0.05) is 0 Å². The Labute approximate surface area is 147 Å². The van der Waals surface area contributed by atoms with Crippen molar-refractivity contribution in [1.29, 1.82) is 0 Å². The average molecular weight is 368 g/mol. The van der Waals surface area contributed by atoms with Gasteiger partial charge in [-0.2, -0.15) is 0 Å². The molecule has 1 heteroatoms. The maximum absolute atomic E-state index is 2.59. The predicted molar refractivity (Wildman–Crippen MR) is 106 cm³/mol. The summed E-state index contributed by atoms with van der Waals surface area (Å²) in [5.41, 5.74) is 13.1. The van der Waals surface area contributed by atoms with E-state index in [1.54, 1.807) is 44.5 Å². The van der Waals surface area contributed by atoms with Crippen LogP contribution in [0.25, 0.3) is 12.2 Å². The van der Waals surface area contributed by atoms with Crippen molar-refractivity contribution in [3.8, 4) is 0 Å². The van der Waals surface area contributed by atoms with E-state index >= 15 is 0 Å². The van der Waals surface area contributed by atoms with Gasteiger partial charge < -0.3 is 0 Å². The molecule has 1 aromatic rings. The summed E-state index contributed by atoms with van der Waals surface area (Å²) < 4.78 is 0.827. The van der Waals surface area contributed by atoms with Crippen LogP contribution in [0.15, 0.2) is 11.1 Å². The fourth-order valence-electron chi connectivity index (χ4n) is 4.72. The molecule has 1 atom stereocenters. The van der Waals surface area contributed by atoms with Crippen molar-refractivity contribution in [3.05, 3.63) is 44.5 Å². The van der Waals surface area contributed by atoms with Crippen molar-refractivity contribution in [1.82, 2.24) is 0 Å². The first-order valence-corrected chi connectivity index (χ1v) is 13.6. The minimum absolute atomic E-state index is 0.827. The molecule has 0 amide bonds. The topological polar surface area (TPSA) is 0 Å². The van der Waals surface area contributed by atoms with E-state index in [4.69, 9.17) is 0 Å². The Morgan fingerprint density at radius 2 is 1.61 bits per heavy atom. The molecular formula is C22H31Ge. The van der Waals surface area contributed by atoms with Crippen molar-refractivity contribution in [3.63, 3.8) is 0 Å². The van der Waals surface area contributed by atoms with Gasteiger partial charge in [-0.15, -0.1) is 0 Å². The molecule has 0 saturated carbocycles. The van der Waals surface area contributed by atoms with Crippen LogP contribution >= 0.6 is 0 Å². The second-order valence-corrected chi connectivity index (χ2v) is 14.1. The number of hydrogen-bond acceptors (Lipinski definition) is 0. The van der Waals surface area contributed by atoms with Crippen molar-refractivity contribution in [2.75, 3.05) is 0 Å². The molecule has 0 heterocycles. The van der Waals surface area contributed by atoms with Crippen molar-refractivity contribution in [2.24, 2.45) is 0 Å². The zero-order valence-corrected chi connectivity index (χ0v) is 17.9. The normalized spacial score (nSPS) is 19.0. The van der Waals surface area contributed by atoms with Gasteiger partial charge in [0.25, 0.3) is 0 Å². The van der Waals surface area contributed by atoms with Gasteiger partial charge >= 0.3 is 147 Å². The Kier molecular flexibility index (Phi) is 4.92. The maximum atomic E-state index is 2.59. The monoisotopic (exact) mass is 369 g/mol. The Morgan fingerprint density at radius 1 is 0.913 bits per heavy atom. The molecule has 2 aliphatic carbocycles. The van der Waals surface area contributed by atoms with E-state index in [9.17, 15) is 0 Å². The van der Waals surface area contributed by atoms with Gasteiger partial charge in [0.1, 0.15) is 0 Å². The summed E-state index contributed by atoms with van der Waals surface area (Å²) in [4.78, 5) is 0. The number of benzene rings is 1. The zero-order chi connectivity index (χ0) is 16.7. The van der Waals surface area contributed by atoms with Gasteiger partial charge in [-0.1, -0.05) is 0 Å². The third kappa shape index (κ3) is 2.58. The van der Waals surface area contributed by atoms with Crippen LogP contribution in [-0.2, 0) is 6.42 Å². The molecule has 123 valence electrons. The van der Waals surface area contributed by atoms with Gasteiger partial charge in [0.15, 0.2) is 0 Å². The molecular weight excluding hydrogens is 337 g/mol. The Bertz CT molecular complexity index is 687. The minimum atomic E-state index is -1.05. The molecule has 2 aliphatic rings. The first-order valence-electron chi connectivity index (χ1n) is 9.47. The Morgan fingerprint density at radius 3 is 2.17 bits per heavy atom. The van der Waals surface area contributed by atoms with E-state index in [2.05, 4.69) is 53.7 Å². The summed E-state index contributed by atoms with van der Waals surface area (Å²) in [7, 11) is 0. The van der Waals surface area contributed by atoms with Crippen molar-refractivity contribution < 1.29 is 0 Å². The summed E-state index contributed by atoms with van der Waals surface area (Å²) in [6.45, 7) is 14.3. The first kappa shape index (κ1) is 17.1. The van der Waals surface area contributed by atoms with Crippen LogP contribution in [0.1, 0.15) is 78.7 Å². The summed E-state index contributed by atoms with van der Waals surface area (Å²) >= 11 is -1.05. The molecule has 0 spiro atoms. The molecule has 3 rings (SSSR count). The Balaban J connectivity index is 2.21. The third-order valence-corrected chi connectivity index (χ3v) is 13.1. The van der Waals surface area contributed by atoms with Gasteiger partial charge in [-0.25, -0.2) is 0 Å². The van der Waals surface area contributed by atoms with Crippen molar-refractivity contribution in [2.45, 2.75) is 76.1 Å². The van der Waals surface area contributed by atoms with E-state index < -0.39 is 14.3 Å². The van der Waals surface area contributed by atoms with Gasteiger partial charge in [-0.05, 0) is 0 Å². The van der Waals surface area contributed by atoms with E-state index in [-0.39, 0.29) is 0 Å². The van der Waals surface area contributed by atoms with Gasteiger partial charge in [-0.3, -0.25) is 0 Å².